The Morgan fingerprint density at radius 2 is 1.54 bits per heavy atom. The van der Waals surface area contributed by atoms with Crippen LogP contribution in [0.15, 0.2) is 42.5 Å². The quantitative estimate of drug-likeness (QED) is 0.560. The van der Waals surface area contributed by atoms with Crippen LogP contribution in [0.1, 0.15) is 47.1 Å². The fourth-order valence-electron chi connectivity index (χ4n) is 2.21. The van der Waals surface area contributed by atoms with E-state index < -0.39 is 35.2 Å². The Bertz CT molecular complexity index is 689. The lowest BCUT2D eigenvalue weighted by molar-refractivity contribution is -0.148. The van der Waals surface area contributed by atoms with Crippen molar-refractivity contribution in [1.82, 2.24) is 5.32 Å². The van der Waals surface area contributed by atoms with Crippen molar-refractivity contribution in [2.45, 2.75) is 71.1 Å². The fourth-order valence-corrected chi connectivity index (χ4v) is 2.21. The summed E-state index contributed by atoms with van der Waals surface area (Å²) in [6.07, 6.45) is 0.0245. The van der Waals surface area contributed by atoms with E-state index in [0.29, 0.717) is 17.7 Å². The molecule has 1 atom stereocenters. The van der Waals surface area contributed by atoms with Crippen molar-refractivity contribution >= 4 is 12.1 Å². The van der Waals surface area contributed by atoms with E-state index in [-0.39, 0.29) is 6.42 Å². The van der Waals surface area contributed by atoms with E-state index in [4.69, 9.17) is 9.47 Å². The second-order valence-electron chi connectivity index (χ2n) is 8.43. The maximum atomic E-state index is 14.8. The maximum absolute atomic E-state index is 14.8. The van der Waals surface area contributed by atoms with Crippen LogP contribution in [0.25, 0.3) is 0 Å². The highest BCUT2D eigenvalue weighted by molar-refractivity contribution is 5.82. The van der Waals surface area contributed by atoms with Crippen LogP contribution < -0.4 is 5.32 Å². The highest BCUT2D eigenvalue weighted by Gasteiger charge is 2.39. The maximum Gasteiger partial charge on any atom is 0.408 e. The molecule has 1 amide bonds. The number of hydrogen-bond donors (Lipinski definition) is 1. The molecule has 0 radical (unpaired) electrons. The summed E-state index contributed by atoms with van der Waals surface area (Å²) in [6, 6.07) is 6.95. The van der Waals surface area contributed by atoms with Gasteiger partial charge in [-0.3, -0.25) is 0 Å². The molecule has 28 heavy (non-hydrogen) atoms. The zero-order valence-corrected chi connectivity index (χ0v) is 17.2. The number of ether oxygens (including phenoxy) is 2. The first kappa shape index (κ1) is 23.6. The van der Waals surface area contributed by atoms with Crippen LogP contribution in [0, 0.1) is 0 Å². The van der Waals surface area contributed by atoms with Gasteiger partial charge in [0.1, 0.15) is 17.2 Å². The van der Waals surface area contributed by atoms with Gasteiger partial charge >= 0.3 is 12.1 Å². The number of carbonyl (C=O) groups excluding carboxylic acids is 2. The lowest BCUT2D eigenvalue weighted by atomic mass is 10.00. The molecule has 0 unspecified atom stereocenters. The molecular formula is C21H29F2NO4. The number of alkyl halides is 2. The molecule has 0 heterocycles. The number of hydrogen-bond acceptors (Lipinski definition) is 4. The topological polar surface area (TPSA) is 64.6 Å². The molecule has 0 aromatic heterocycles. The highest BCUT2D eigenvalue weighted by atomic mass is 19.3. The van der Waals surface area contributed by atoms with Gasteiger partial charge in [0.15, 0.2) is 0 Å². The minimum Gasteiger partial charge on any atom is -0.457 e. The largest absolute Gasteiger partial charge is 0.457 e. The number of halogens is 2. The van der Waals surface area contributed by atoms with Crippen molar-refractivity contribution in [3.05, 3.63) is 48.0 Å². The molecule has 156 valence electrons. The minimum absolute atomic E-state index is 0.147. The van der Waals surface area contributed by atoms with E-state index >= 15 is 0 Å². The standard InChI is InChI=1S/C21H29F2NO4/c1-19(2,3)27-17(25)12-13-21(22,23)16(14-15-10-8-7-9-11-15)24-18(26)28-20(4,5)6/h7-13,16H,14H2,1-6H3,(H,24,26)/b13-12+/t16-/m1/s1. The molecule has 0 bridgehead atoms. The Hall–Kier alpha value is -2.44. The lowest BCUT2D eigenvalue weighted by Gasteiger charge is -2.28. The van der Waals surface area contributed by atoms with Crippen molar-refractivity contribution in [3.63, 3.8) is 0 Å². The van der Waals surface area contributed by atoms with Crippen molar-refractivity contribution in [1.29, 1.82) is 0 Å². The van der Waals surface area contributed by atoms with Crippen molar-refractivity contribution < 1.29 is 27.8 Å². The monoisotopic (exact) mass is 397 g/mol. The predicted molar refractivity (Wildman–Crippen MR) is 103 cm³/mol. The van der Waals surface area contributed by atoms with E-state index in [0.717, 1.165) is 0 Å². The van der Waals surface area contributed by atoms with Crippen LogP contribution in [0.5, 0.6) is 0 Å². The normalized spacial score (nSPS) is 13.9. The number of nitrogens with one attached hydrogen (secondary N) is 1. The summed E-state index contributed by atoms with van der Waals surface area (Å²) in [5, 5.41) is 2.22. The fraction of sp³-hybridized carbons (Fsp3) is 0.524. The summed E-state index contributed by atoms with van der Waals surface area (Å²) in [5.74, 6) is -4.40. The summed E-state index contributed by atoms with van der Waals surface area (Å²) in [6.45, 7) is 9.83. The van der Waals surface area contributed by atoms with E-state index in [9.17, 15) is 18.4 Å². The van der Waals surface area contributed by atoms with Gasteiger partial charge in [0.2, 0.25) is 0 Å². The van der Waals surface area contributed by atoms with Gasteiger partial charge in [-0.2, -0.15) is 8.78 Å². The summed E-state index contributed by atoms with van der Waals surface area (Å²) in [4.78, 5) is 23.8. The lowest BCUT2D eigenvalue weighted by Crippen LogP contribution is -2.49. The third-order valence-electron chi connectivity index (χ3n) is 3.29. The number of rotatable bonds is 6. The average Bonchev–Trinajstić information content (AvgIpc) is 2.50. The molecule has 5 nitrogen and oxygen atoms in total. The van der Waals surface area contributed by atoms with Crippen LogP contribution >= 0.6 is 0 Å². The van der Waals surface area contributed by atoms with Gasteiger partial charge in [0.25, 0.3) is 5.92 Å². The zero-order chi connectivity index (χ0) is 21.6. The Morgan fingerprint density at radius 3 is 2.04 bits per heavy atom. The minimum atomic E-state index is -3.51. The average molecular weight is 397 g/mol. The zero-order valence-electron chi connectivity index (χ0n) is 17.2. The van der Waals surface area contributed by atoms with Gasteiger partial charge in [-0.25, -0.2) is 9.59 Å². The summed E-state index contributed by atoms with van der Waals surface area (Å²) in [5.41, 5.74) is -1.02. The van der Waals surface area contributed by atoms with Crippen LogP contribution in [0.3, 0.4) is 0 Å². The van der Waals surface area contributed by atoms with Crippen molar-refractivity contribution in [3.8, 4) is 0 Å². The SMILES string of the molecule is CC(C)(C)OC(=O)/C=C/C(F)(F)[C@@H](Cc1ccccc1)NC(=O)OC(C)(C)C. The summed E-state index contributed by atoms with van der Waals surface area (Å²) >= 11 is 0. The molecule has 1 aromatic rings. The molecule has 1 rings (SSSR count). The first-order chi connectivity index (χ1) is 12.7. The van der Waals surface area contributed by atoms with Gasteiger partial charge < -0.3 is 14.8 Å². The van der Waals surface area contributed by atoms with E-state index in [1.54, 1.807) is 71.9 Å². The van der Waals surface area contributed by atoms with Gasteiger partial charge in [0, 0.05) is 6.08 Å². The molecular weight excluding hydrogens is 368 g/mol. The number of esters is 1. The smallest absolute Gasteiger partial charge is 0.408 e. The van der Waals surface area contributed by atoms with Crippen molar-refractivity contribution in [2.75, 3.05) is 0 Å². The molecule has 0 fully saturated rings. The number of carbonyl (C=O) groups is 2. The third kappa shape index (κ3) is 9.48. The number of alkyl carbamates (subject to hydrolysis) is 1. The Labute approximate surface area is 165 Å². The second-order valence-corrected chi connectivity index (χ2v) is 8.43. The molecule has 0 saturated carbocycles. The van der Waals surface area contributed by atoms with Crippen LogP contribution in [0.4, 0.5) is 13.6 Å². The van der Waals surface area contributed by atoms with Gasteiger partial charge in [-0.05, 0) is 59.6 Å². The number of amides is 1. The molecule has 0 aliphatic rings. The van der Waals surface area contributed by atoms with Gasteiger partial charge in [-0.1, -0.05) is 30.3 Å². The Morgan fingerprint density at radius 1 is 1.00 bits per heavy atom. The van der Waals surface area contributed by atoms with Gasteiger partial charge in [0.05, 0.1) is 0 Å². The van der Waals surface area contributed by atoms with E-state index in [1.165, 1.54) is 0 Å². The second kappa shape index (κ2) is 9.17. The van der Waals surface area contributed by atoms with E-state index in [2.05, 4.69) is 5.32 Å². The first-order valence-corrected chi connectivity index (χ1v) is 9.01. The molecule has 0 saturated heterocycles. The molecule has 7 heteroatoms. The van der Waals surface area contributed by atoms with E-state index in [1.807, 2.05) is 0 Å². The molecule has 0 spiro atoms. The highest BCUT2D eigenvalue weighted by Crippen LogP contribution is 2.25. The molecule has 0 aliphatic heterocycles. The van der Waals surface area contributed by atoms with Crippen molar-refractivity contribution in [2.24, 2.45) is 0 Å². The number of benzene rings is 1. The molecule has 1 N–H and O–H groups in total. The first-order valence-electron chi connectivity index (χ1n) is 9.01. The molecule has 1 aromatic carbocycles. The predicted octanol–water partition coefficient (Wildman–Crippen LogP) is 4.66. The third-order valence-corrected chi connectivity index (χ3v) is 3.29. The summed E-state index contributed by atoms with van der Waals surface area (Å²) in [7, 11) is 0. The van der Waals surface area contributed by atoms with Crippen LogP contribution in [0.2, 0.25) is 0 Å². The van der Waals surface area contributed by atoms with Gasteiger partial charge in [-0.15, -0.1) is 0 Å². The van der Waals surface area contributed by atoms with Crippen LogP contribution in [-0.4, -0.2) is 35.2 Å². The van der Waals surface area contributed by atoms with Crippen LogP contribution in [-0.2, 0) is 20.7 Å². The Balaban J connectivity index is 3.00. The molecule has 0 aliphatic carbocycles. The Kier molecular flexibility index (Phi) is 7.73. The summed E-state index contributed by atoms with van der Waals surface area (Å²) < 4.78 is 39.7.